The summed E-state index contributed by atoms with van der Waals surface area (Å²) in [6.07, 6.45) is 8.04. The first-order valence-electron chi connectivity index (χ1n) is 6.94. The summed E-state index contributed by atoms with van der Waals surface area (Å²) in [5.41, 5.74) is 1.98. The van der Waals surface area contributed by atoms with Gasteiger partial charge in [0.25, 0.3) is 0 Å². The van der Waals surface area contributed by atoms with Gasteiger partial charge < -0.3 is 0 Å². The van der Waals surface area contributed by atoms with Gasteiger partial charge in [-0.3, -0.25) is 4.79 Å². The number of Topliss-reactive ketones (excluding diaryl/α,β-unsaturated/α-hetero) is 1. The zero-order chi connectivity index (χ0) is 13.4. The van der Waals surface area contributed by atoms with Crippen LogP contribution >= 0.6 is 15.9 Å². The molecule has 0 radical (unpaired) electrons. The molecule has 100 valence electrons. The average Bonchev–Trinajstić information content (AvgIpc) is 2.32. The number of carbonyl (C=O) groups excluding carboxylic acids is 1. The number of hydrogen-bond donors (Lipinski definition) is 0. The Hall–Kier alpha value is -0.630. The first-order valence-corrected chi connectivity index (χ1v) is 7.73. The molecule has 0 aromatic heterocycles. The van der Waals surface area contributed by atoms with Crippen molar-refractivity contribution in [3.8, 4) is 0 Å². The van der Waals surface area contributed by atoms with Crippen LogP contribution in [0.3, 0.4) is 0 Å². The van der Waals surface area contributed by atoms with Gasteiger partial charge in [-0.15, -0.1) is 0 Å². The number of halogens is 1. The number of benzene rings is 1. The number of rotatable bonds is 8. The van der Waals surface area contributed by atoms with Crippen molar-refractivity contribution in [3.63, 3.8) is 0 Å². The van der Waals surface area contributed by atoms with Crippen molar-refractivity contribution in [1.82, 2.24) is 0 Å². The Labute approximate surface area is 119 Å². The summed E-state index contributed by atoms with van der Waals surface area (Å²) in [5.74, 6) is 0.273. The molecule has 1 nitrogen and oxygen atoms in total. The third-order valence-electron chi connectivity index (χ3n) is 3.12. The second kappa shape index (κ2) is 8.47. The first kappa shape index (κ1) is 15.4. The van der Waals surface area contributed by atoms with Crippen LogP contribution < -0.4 is 0 Å². The van der Waals surface area contributed by atoms with Crippen molar-refractivity contribution in [1.29, 1.82) is 0 Å². The van der Waals surface area contributed by atoms with E-state index >= 15 is 0 Å². The maximum absolute atomic E-state index is 12.0. The van der Waals surface area contributed by atoms with Crippen molar-refractivity contribution in [3.05, 3.63) is 33.8 Å². The highest BCUT2D eigenvalue weighted by atomic mass is 79.9. The molecular formula is C16H23BrO. The molecule has 0 saturated heterocycles. The van der Waals surface area contributed by atoms with Crippen LogP contribution in [-0.2, 0) is 0 Å². The van der Waals surface area contributed by atoms with Crippen molar-refractivity contribution in [2.45, 2.75) is 58.8 Å². The van der Waals surface area contributed by atoms with Gasteiger partial charge in [0.05, 0.1) is 0 Å². The Morgan fingerprint density at radius 1 is 1.06 bits per heavy atom. The van der Waals surface area contributed by atoms with Gasteiger partial charge in [-0.2, -0.15) is 0 Å². The Bertz CT molecular complexity index is 364. The van der Waals surface area contributed by atoms with Gasteiger partial charge in [-0.25, -0.2) is 0 Å². The van der Waals surface area contributed by atoms with E-state index in [1.807, 2.05) is 25.1 Å². The van der Waals surface area contributed by atoms with Gasteiger partial charge in [0.2, 0.25) is 0 Å². The Morgan fingerprint density at radius 2 is 1.72 bits per heavy atom. The van der Waals surface area contributed by atoms with Gasteiger partial charge in [-0.05, 0) is 37.1 Å². The van der Waals surface area contributed by atoms with Crippen LogP contribution in [0.1, 0.15) is 67.8 Å². The fourth-order valence-electron chi connectivity index (χ4n) is 2.11. The summed E-state index contributed by atoms with van der Waals surface area (Å²) in [7, 11) is 0. The fraction of sp³-hybridized carbons (Fsp3) is 0.562. The van der Waals surface area contributed by atoms with E-state index in [9.17, 15) is 4.79 Å². The number of hydrogen-bond acceptors (Lipinski definition) is 1. The second-order valence-electron chi connectivity index (χ2n) is 4.96. The molecule has 0 fully saturated rings. The van der Waals surface area contributed by atoms with Gasteiger partial charge >= 0.3 is 0 Å². The lowest BCUT2D eigenvalue weighted by molar-refractivity contribution is 0.0979. The van der Waals surface area contributed by atoms with Crippen LogP contribution in [-0.4, -0.2) is 5.78 Å². The molecular weight excluding hydrogens is 288 g/mol. The standard InChI is InChI=1S/C16H23BrO/c1-3-4-5-6-7-8-9-16(18)14-10-13(2)11-15(17)12-14/h10-12H,3-9H2,1-2H3. The lowest BCUT2D eigenvalue weighted by Crippen LogP contribution is -1.99. The minimum atomic E-state index is 0.273. The van der Waals surface area contributed by atoms with Crippen molar-refractivity contribution in [2.24, 2.45) is 0 Å². The monoisotopic (exact) mass is 310 g/mol. The van der Waals surface area contributed by atoms with Crippen LogP contribution in [0.2, 0.25) is 0 Å². The SMILES string of the molecule is CCCCCCCCC(=O)c1cc(C)cc(Br)c1. The molecule has 0 heterocycles. The van der Waals surface area contributed by atoms with Crippen LogP contribution in [0.25, 0.3) is 0 Å². The molecule has 0 N–H and O–H groups in total. The summed E-state index contributed by atoms with van der Waals surface area (Å²) in [4.78, 5) is 12.0. The van der Waals surface area contributed by atoms with Gasteiger partial charge in [-0.1, -0.05) is 55.0 Å². The normalized spacial score (nSPS) is 10.6. The fourth-order valence-corrected chi connectivity index (χ4v) is 2.72. The Balaban J connectivity index is 2.32. The molecule has 0 aliphatic rings. The average molecular weight is 311 g/mol. The first-order chi connectivity index (χ1) is 8.63. The minimum Gasteiger partial charge on any atom is -0.294 e. The highest BCUT2D eigenvalue weighted by Gasteiger charge is 2.06. The lowest BCUT2D eigenvalue weighted by Gasteiger charge is -2.04. The summed E-state index contributed by atoms with van der Waals surface area (Å²) in [6, 6.07) is 5.93. The maximum atomic E-state index is 12.0. The summed E-state index contributed by atoms with van der Waals surface area (Å²) < 4.78 is 0.994. The topological polar surface area (TPSA) is 17.1 Å². The Kier molecular flexibility index (Phi) is 7.26. The van der Waals surface area contributed by atoms with E-state index in [4.69, 9.17) is 0 Å². The molecule has 0 saturated carbocycles. The van der Waals surface area contributed by atoms with Crippen LogP contribution in [0, 0.1) is 6.92 Å². The summed E-state index contributed by atoms with van der Waals surface area (Å²) in [6.45, 7) is 4.24. The van der Waals surface area contributed by atoms with E-state index in [1.165, 1.54) is 32.1 Å². The smallest absolute Gasteiger partial charge is 0.162 e. The number of carbonyl (C=O) groups is 1. The molecule has 0 bridgehead atoms. The number of aryl methyl sites for hydroxylation is 1. The van der Waals surface area contributed by atoms with Gasteiger partial charge in [0.1, 0.15) is 0 Å². The minimum absolute atomic E-state index is 0.273. The van der Waals surface area contributed by atoms with Crippen molar-refractivity contribution in [2.75, 3.05) is 0 Å². The van der Waals surface area contributed by atoms with E-state index in [2.05, 4.69) is 22.9 Å². The molecule has 1 rings (SSSR count). The molecule has 0 amide bonds. The zero-order valence-electron chi connectivity index (χ0n) is 11.5. The maximum Gasteiger partial charge on any atom is 0.162 e. The second-order valence-corrected chi connectivity index (χ2v) is 5.87. The third kappa shape index (κ3) is 5.81. The molecule has 1 aromatic rings. The molecule has 0 spiro atoms. The molecule has 0 atom stereocenters. The highest BCUT2D eigenvalue weighted by Crippen LogP contribution is 2.18. The van der Waals surface area contributed by atoms with Crippen LogP contribution in [0.15, 0.2) is 22.7 Å². The number of ketones is 1. The van der Waals surface area contributed by atoms with E-state index < -0.39 is 0 Å². The molecule has 1 aromatic carbocycles. The molecule has 0 unspecified atom stereocenters. The highest BCUT2D eigenvalue weighted by molar-refractivity contribution is 9.10. The summed E-state index contributed by atoms with van der Waals surface area (Å²) >= 11 is 3.44. The van der Waals surface area contributed by atoms with E-state index in [-0.39, 0.29) is 5.78 Å². The van der Waals surface area contributed by atoms with Crippen LogP contribution in [0.5, 0.6) is 0 Å². The van der Waals surface area contributed by atoms with Gasteiger partial charge in [0.15, 0.2) is 5.78 Å². The predicted molar refractivity (Wildman–Crippen MR) is 81.2 cm³/mol. The van der Waals surface area contributed by atoms with E-state index in [0.717, 1.165) is 22.0 Å². The van der Waals surface area contributed by atoms with Crippen molar-refractivity contribution >= 4 is 21.7 Å². The molecule has 2 heteroatoms. The number of unbranched alkanes of at least 4 members (excludes halogenated alkanes) is 5. The Morgan fingerprint density at radius 3 is 2.39 bits per heavy atom. The molecule has 0 aliphatic heterocycles. The third-order valence-corrected chi connectivity index (χ3v) is 3.58. The van der Waals surface area contributed by atoms with E-state index in [1.54, 1.807) is 0 Å². The quantitative estimate of drug-likeness (QED) is 0.445. The van der Waals surface area contributed by atoms with Crippen LogP contribution in [0.4, 0.5) is 0 Å². The zero-order valence-corrected chi connectivity index (χ0v) is 13.1. The molecule has 18 heavy (non-hydrogen) atoms. The predicted octanol–water partition coefficient (Wildman–Crippen LogP) is 5.69. The van der Waals surface area contributed by atoms with Gasteiger partial charge in [0, 0.05) is 16.5 Å². The van der Waals surface area contributed by atoms with Crippen molar-refractivity contribution < 1.29 is 4.79 Å². The van der Waals surface area contributed by atoms with E-state index in [0.29, 0.717) is 6.42 Å². The molecule has 0 aliphatic carbocycles. The lowest BCUT2D eigenvalue weighted by atomic mass is 10.0. The summed E-state index contributed by atoms with van der Waals surface area (Å²) in [5, 5.41) is 0. The largest absolute Gasteiger partial charge is 0.294 e.